The van der Waals surface area contributed by atoms with Crippen LogP contribution in [0.15, 0.2) is 53.6 Å². The van der Waals surface area contributed by atoms with E-state index in [-0.39, 0.29) is 17.9 Å². The van der Waals surface area contributed by atoms with Crippen molar-refractivity contribution in [1.29, 1.82) is 0 Å². The maximum Gasteiger partial charge on any atom is 0.407 e. The zero-order chi connectivity index (χ0) is 33.9. The van der Waals surface area contributed by atoms with Gasteiger partial charge in [0.1, 0.15) is 16.9 Å². The van der Waals surface area contributed by atoms with E-state index in [2.05, 4.69) is 25.3 Å². The van der Waals surface area contributed by atoms with Crippen molar-refractivity contribution in [2.45, 2.75) is 95.7 Å². The highest BCUT2D eigenvalue weighted by molar-refractivity contribution is 7.92. The van der Waals surface area contributed by atoms with Gasteiger partial charge in [0.25, 0.3) is 16.4 Å². The van der Waals surface area contributed by atoms with Gasteiger partial charge in [-0.15, -0.1) is 0 Å². The number of carbonyl (C=O) groups is 1. The number of hydrogen-bond donors (Lipinski definition) is 3. The summed E-state index contributed by atoms with van der Waals surface area (Å²) < 4.78 is 60.5. The number of amides is 1. The quantitative estimate of drug-likeness (QED) is 0.173. The highest BCUT2D eigenvalue weighted by Gasteiger charge is 2.26. The standard InChI is InChI=1S/C33H39F2N7O4S/c1-6-20-17-25(23-15-16-28(37-19(23)2)42-47(44,45)27-10-8-7-9-24(27)30(34)35)40-26-18-36-31(41-29(20)26)38-21-11-13-22(14-12-21)39-32(43)46-33(3,4)5/h7-10,15-18,21-22,30H,6,11-14H2,1-5H3,(H,37,42)(H,39,43)(H,36,38,41). The first kappa shape index (κ1) is 33.9. The first-order valence-electron chi connectivity index (χ1n) is 15.5. The van der Waals surface area contributed by atoms with Crippen molar-refractivity contribution in [3.63, 3.8) is 0 Å². The highest BCUT2D eigenvalue weighted by Crippen LogP contribution is 2.30. The van der Waals surface area contributed by atoms with Crippen LogP contribution in [0.1, 0.15) is 76.6 Å². The minimum atomic E-state index is -4.30. The Hall–Kier alpha value is -4.46. The zero-order valence-corrected chi connectivity index (χ0v) is 27.8. The van der Waals surface area contributed by atoms with Crippen LogP contribution in [0, 0.1) is 6.92 Å². The van der Waals surface area contributed by atoms with Crippen molar-refractivity contribution in [1.82, 2.24) is 25.3 Å². The predicted molar refractivity (Wildman–Crippen MR) is 176 cm³/mol. The molecular weight excluding hydrogens is 628 g/mol. The summed E-state index contributed by atoms with van der Waals surface area (Å²) in [6.45, 7) is 9.26. The summed E-state index contributed by atoms with van der Waals surface area (Å²) in [5.74, 6) is 0.508. The number of nitrogens with one attached hydrogen (secondary N) is 3. The molecule has 11 nitrogen and oxygen atoms in total. The van der Waals surface area contributed by atoms with E-state index in [0.29, 0.717) is 34.8 Å². The lowest BCUT2D eigenvalue weighted by atomic mass is 9.91. The van der Waals surface area contributed by atoms with Gasteiger partial charge in [-0.25, -0.2) is 41.9 Å². The number of fused-ring (bicyclic) bond motifs is 1. The lowest BCUT2D eigenvalue weighted by Gasteiger charge is -2.30. The number of hydrogen-bond acceptors (Lipinski definition) is 9. The van der Waals surface area contributed by atoms with Gasteiger partial charge in [-0.3, -0.25) is 4.72 Å². The van der Waals surface area contributed by atoms with Gasteiger partial charge >= 0.3 is 6.09 Å². The third-order valence-electron chi connectivity index (χ3n) is 7.83. The second-order valence-corrected chi connectivity index (χ2v) is 14.2. The van der Waals surface area contributed by atoms with Crippen molar-refractivity contribution in [3.05, 3.63) is 65.5 Å². The van der Waals surface area contributed by atoms with Gasteiger partial charge in [-0.1, -0.05) is 25.1 Å². The maximum atomic E-state index is 13.4. The molecule has 0 radical (unpaired) electrons. The molecule has 47 heavy (non-hydrogen) atoms. The lowest BCUT2D eigenvalue weighted by Crippen LogP contribution is -2.42. The summed E-state index contributed by atoms with van der Waals surface area (Å²) in [7, 11) is -4.30. The van der Waals surface area contributed by atoms with Crippen LogP contribution >= 0.6 is 0 Å². The zero-order valence-electron chi connectivity index (χ0n) is 27.0. The molecular formula is C33H39F2N7O4S. The Morgan fingerprint density at radius 3 is 2.38 bits per heavy atom. The van der Waals surface area contributed by atoms with E-state index in [1.807, 2.05) is 33.8 Å². The Morgan fingerprint density at radius 2 is 1.72 bits per heavy atom. The highest BCUT2D eigenvalue weighted by atomic mass is 32.2. The Labute approximate surface area is 273 Å². The minimum absolute atomic E-state index is 0.000489. The Balaban J connectivity index is 1.29. The van der Waals surface area contributed by atoms with Gasteiger partial charge in [0.05, 0.1) is 22.3 Å². The van der Waals surface area contributed by atoms with Crippen molar-refractivity contribution in [2.75, 3.05) is 10.0 Å². The number of aryl methyl sites for hydroxylation is 2. The number of alkyl carbamates (subject to hydrolysis) is 1. The number of rotatable bonds is 9. The Kier molecular flexibility index (Phi) is 9.89. The number of sulfonamides is 1. The molecule has 1 aliphatic rings. The van der Waals surface area contributed by atoms with Crippen LogP contribution in [-0.2, 0) is 21.2 Å². The van der Waals surface area contributed by atoms with E-state index in [9.17, 15) is 22.0 Å². The molecule has 1 saturated carbocycles. The van der Waals surface area contributed by atoms with Crippen LogP contribution in [0.5, 0.6) is 0 Å². The second kappa shape index (κ2) is 13.7. The number of benzene rings is 1. The molecule has 0 aliphatic heterocycles. The molecule has 0 saturated heterocycles. The molecule has 3 N–H and O–H groups in total. The van der Waals surface area contributed by atoms with E-state index in [0.717, 1.165) is 48.9 Å². The normalized spacial score (nSPS) is 17.0. The summed E-state index contributed by atoms with van der Waals surface area (Å²) in [6, 6.07) is 10.3. The van der Waals surface area contributed by atoms with Crippen molar-refractivity contribution in [3.8, 4) is 11.3 Å². The van der Waals surface area contributed by atoms with Gasteiger partial charge < -0.3 is 15.4 Å². The number of alkyl halides is 2. The third kappa shape index (κ3) is 8.28. The van der Waals surface area contributed by atoms with Crippen molar-refractivity contribution < 1.29 is 26.7 Å². The molecule has 0 unspecified atom stereocenters. The van der Waals surface area contributed by atoms with Crippen molar-refractivity contribution in [2.24, 2.45) is 0 Å². The summed E-state index contributed by atoms with van der Waals surface area (Å²) in [6.07, 6.45) is 2.32. The lowest BCUT2D eigenvalue weighted by molar-refractivity contribution is 0.0492. The average Bonchev–Trinajstić information content (AvgIpc) is 3.00. The largest absolute Gasteiger partial charge is 0.444 e. The first-order chi connectivity index (χ1) is 22.2. The fourth-order valence-electron chi connectivity index (χ4n) is 5.59. The molecule has 0 atom stereocenters. The average molecular weight is 668 g/mol. The van der Waals surface area contributed by atoms with Crippen LogP contribution in [0.4, 0.5) is 25.3 Å². The first-order valence-corrected chi connectivity index (χ1v) is 17.0. The number of anilines is 2. The van der Waals surface area contributed by atoms with E-state index in [4.69, 9.17) is 14.7 Å². The van der Waals surface area contributed by atoms with Gasteiger partial charge in [0.2, 0.25) is 5.95 Å². The molecule has 1 aromatic carbocycles. The molecule has 1 fully saturated rings. The second-order valence-electron chi connectivity index (χ2n) is 12.6. The van der Waals surface area contributed by atoms with Gasteiger partial charge in [0, 0.05) is 28.9 Å². The monoisotopic (exact) mass is 667 g/mol. The van der Waals surface area contributed by atoms with Crippen LogP contribution in [0.25, 0.3) is 22.3 Å². The molecule has 5 rings (SSSR count). The van der Waals surface area contributed by atoms with E-state index >= 15 is 0 Å². The van der Waals surface area contributed by atoms with E-state index in [1.165, 1.54) is 18.2 Å². The molecule has 0 bridgehead atoms. The topological polar surface area (TPSA) is 148 Å². The maximum absolute atomic E-state index is 13.4. The van der Waals surface area contributed by atoms with E-state index < -0.39 is 38.6 Å². The fraction of sp³-hybridized carbons (Fsp3) is 0.424. The van der Waals surface area contributed by atoms with Gasteiger partial charge in [-0.2, -0.15) is 0 Å². The molecule has 3 aromatic heterocycles. The Bertz CT molecular complexity index is 1880. The van der Waals surface area contributed by atoms with E-state index in [1.54, 1.807) is 19.2 Å². The SMILES string of the molecule is CCc1cc(-c2ccc(NS(=O)(=O)c3ccccc3C(F)F)nc2C)nc2cnc(NC3CCC(NC(=O)OC(C)(C)C)CC3)nc12. The van der Waals surface area contributed by atoms with Crippen LogP contribution in [-0.4, -0.2) is 52.1 Å². The number of aromatic nitrogens is 4. The molecule has 4 aromatic rings. The summed E-state index contributed by atoms with van der Waals surface area (Å²) in [5.41, 5.74) is 2.95. The predicted octanol–water partition coefficient (Wildman–Crippen LogP) is 6.94. The van der Waals surface area contributed by atoms with Crippen LogP contribution in [0.2, 0.25) is 0 Å². The molecule has 0 spiro atoms. The van der Waals surface area contributed by atoms with Crippen LogP contribution in [0.3, 0.4) is 0 Å². The molecule has 1 aliphatic carbocycles. The number of nitrogens with zero attached hydrogens (tertiary/aromatic N) is 4. The van der Waals surface area contributed by atoms with Crippen molar-refractivity contribution >= 4 is 38.9 Å². The van der Waals surface area contributed by atoms with Gasteiger partial charge in [-0.05, 0) is 89.6 Å². The number of carbonyl (C=O) groups excluding carboxylic acids is 1. The smallest absolute Gasteiger partial charge is 0.407 e. The number of ether oxygens (including phenoxy) is 1. The third-order valence-corrected chi connectivity index (χ3v) is 9.26. The molecule has 3 heterocycles. The minimum Gasteiger partial charge on any atom is -0.444 e. The number of halogens is 2. The summed E-state index contributed by atoms with van der Waals surface area (Å²) in [4.78, 5) is 30.1. The van der Waals surface area contributed by atoms with Gasteiger partial charge in [0.15, 0.2) is 0 Å². The summed E-state index contributed by atoms with van der Waals surface area (Å²) >= 11 is 0. The molecule has 14 heteroatoms. The molecule has 250 valence electrons. The summed E-state index contributed by atoms with van der Waals surface area (Å²) in [5, 5.41) is 6.40. The fourth-order valence-corrected chi connectivity index (χ4v) is 6.82. The molecule has 1 amide bonds. The van der Waals surface area contributed by atoms with Crippen LogP contribution < -0.4 is 15.4 Å². The Morgan fingerprint density at radius 1 is 1.02 bits per heavy atom. The number of pyridine rings is 2.